The molecule has 0 aliphatic heterocycles. The third-order valence-corrected chi connectivity index (χ3v) is 4.09. The van der Waals surface area contributed by atoms with Gasteiger partial charge >= 0.3 is 0 Å². The highest BCUT2D eigenvalue weighted by molar-refractivity contribution is 5.64. The van der Waals surface area contributed by atoms with Crippen LogP contribution in [0.1, 0.15) is 37.7 Å². The van der Waals surface area contributed by atoms with Crippen LogP contribution >= 0.6 is 0 Å². The first-order valence-electron chi connectivity index (χ1n) is 7.21. The van der Waals surface area contributed by atoms with Crippen molar-refractivity contribution in [3.8, 4) is 0 Å². The third kappa shape index (κ3) is 3.48. The van der Waals surface area contributed by atoms with Crippen molar-refractivity contribution in [2.75, 3.05) is 18.5 Å². The maximum absolute atomic E-state index is 11.2. The third-order valence-electron chi connectivity index (χ3n) is 4.09. The van der Waals surface area contributed by atoms with E-state index < -0.39 is 0 Å². The summed E-state index contributed by atoms with van der Waals surface area (Å²) in [5.74, 6) is 0.630. The van der Waals surface area contributed by atoms with E-state index in [1.807, 2.05) is 11.9 Å². The van der Waals surface area contributed by atoms with Gasteiger partial charge in [0, 0.05) is 19.7 Å². The SMILES string of the molecule is CN(CC1CCCCC1)c1ccc(CO)cc1[N+](=O)[O-]. The zero-order valence-corrected chi connectivity index (χ0v) is 11.9. The first-order valence-corrected chi connectivity index (χ1v) is 7.21. The van der Waals surface area contributed by atoms with Crippen molar-refractivity contribution in [3.05, 3.63) is 33.9 Å². The van der Waals surface area contributed by atoms with Gasteiger partial charge in [-0.15, -0.1) is 0 Å². The van der Waals surface area contributed by atoms with Crippen LogP contribution in [0.25, 0.3) is 0 Å². The molecule has 0 bridgehead atoms. The Balaban J connectivity index is 2.15. The van der Waals surface area contributed by atoms with Crippen molar-refractivity contribution < 1.29 is 10.0 Å². The highest BCUT2D eigenvalue weighted by Gasteiger charge is 2.21. The maximum atomic E-state index is 11.2. The molecule has 1 fully saturated rings. The van der Waals surface area contributed by atoms with Crippen molar-refractivity contribution in [2.45, 2.75) is 38.7 Å². The molecule has 2 rings (SSSR count). The highest BCUT2D eigenvalue weighted by atomic mass is 16.6. The minimum Gasteiger partial charge on any atom is -0.392 e. The van der Waals surface area contributed by atoms with Crippen LogP contribution in [-0.4, -0.2) is 23.6 Å². The fourth-order valence-corrected chi connectivity index (χ4v) is 2.99. The van der Waals surface area contributed by atoms with Gasteiger partial charge in [0.1, 0.15) is 5.69 Å². The van der Waals surface area contributed by atoms with E-state index >= 15 is 0 Å². The summed E-state index contributed by atoms with van der Waals surface area (Å²) in [4.78, 5) is 12.8. The Labute approximate surface area is 119 Å². The smallest absolute Gasteiger partial charge is 0.292 e. The van der Waals surface area contributed by atoms with Crippen LogP contribution in [-0.2, 0) is 6.61 Å². The molecule has 1 aromatic rings. The number of nitro benzene ring substituents is 1. The minimum atomic E-state index is -0.369. The van der Waals surface area contributed by atoms with Crippen molar-refractivity contribution in [2.24, 2.45) is 5.92 Å². The number of benzene rings is 1. The molecule has 0 heterocycles. The molecule has 1 aliphatic rings. The number of hydrogen-bond donors (Lipinski definition) is 1. The molecule has 5 nitrogen and oxygen atoms in total. The van der Waals surface area contributed by atoms with E-state index in [-0.39, 0.29) is 17.2 Å². The average Bonchev–Trinajstić information content (AvgIpc) is 2.47. The molecule has 0 spiro atoms. The molecule has 5 heteroatoms. The standard InChI is InChI=1S/C15H22N2O3/c1-16(10-12-5-3-2-4-6-12)14-8-7-13(11-18)9-15(14)17(19)20/h7-9,12,18H,2-6,10-11H2,1H3. The molecule has 0 amide bonds. The number of nitrogens with zero attached hydrogens (tertiary/aromatic N) is 2. The molecule has 1 aliphatic carbocycles. The van der Waals surface area contributed by atoms with Crippen LogP contribution in [0.5, 0.6) is 0 Å². The molecule has 0 unspecified atom stereocenters. The lowest BCUT2D eigenvalue weighted by molar-refractivity contribution is -0.384. The van der Waals surface area contributed by atoms with Gasteiger partial charge in [-0.1, -0.05) is 25.3 Å². The molecule has 0 radical (unpaired) electrons. The Hall–Kier alpha value is -1.62. The summed E-state index contributed by atoms with van der Waals surface area (Å²) in [6, 6.07) is 4.96. The average molecular weight is 278 g/mol. The molecular formula is C15H22N2O3. The molecule has 0 atom stereocenters. The Morgan fingerprint density at radius 3 is 2.65 bits per heavy atom. The first-order chi connectivity index (χ1) is 9.61. The zero-order valence-electron chi connectivity index (χ0n) is 11.9. The van der Waals surface area contributed by atoms with Gasteiger partial charge < -0.3 is 10.0 Å². The van der Waals surface area contributed by atoms with Crippen LogP contribution in [0.4, 0.5) is 11.4 Å². The fraction of sp³-hybridized carbons (Fsp3) is 0.600. The fourth-order valence-electron chi connectivity index (χ4n) is 2.99. The summed E-state index contributed by atoms with van der Waals surface area (Å²) < 4.78 is 0. The molecule has 0 aromatic heterocycles. The van der Waals surface area contributed by atoms with E-state index in [9.17, 15) is 10.1 Å². The topological polar surface area (TPSA) is 66.6 Å². The molecule has 0 saturated heterocycles. The summed E-state index contributed by atoms with van der Waals surface area (Å²) in [7, 11) is 1.91. The van der Waals surface area contributed by atoms with Gasteiger partial charge in [-0.3, -0.25) is 10.1 Å². The van der Waals surface area contributed by atoms with E-state index in [1.54, 1.807) is 12.1 Å². The van der Waals surface area contributed by atoms with Gasteiger partial charge in [0.05, 0.1) is 11.5 Å². The lowest BCUT2D eigenvalue weighted by atomic mass is 9.89. The predicted octanol–water partition coefficient (Wildman–Crippen LogP) is 3.10. The van der Waals surface area contributed by atoms with Crippen LogP contribution in [0.2, 0.25) is 0 Å². The summed E-state index contributed by atoms with van der Waals surface area (Å²) in [5.41, 5.74) is 1.29. The summed E-state index contributed by atoms with van der Waals surface area (Å²) >= 11 is 0. The van der Waals surface area contributed by atoms with Gasteiger partial charge in [-0.05, 0) is 30.4 Å². The van der Waals surface area contributed by atoms with Crippen LogP contribution < -0.4 is 4.90 Å². The normalized spacial score (nSPS) is 16.1. The molecule has 20 heavy (non-hydrogen) atoms. The second-order valence-electron chi connectivity index (χ2n) is 5.62. The minimum absolute atomic E-state index is 0.0786. The zero-order chi connectivity index (χ0) is 14.5. The Morgan fingerprint density at radius 2 is 2.05 bits per heavy atom. The predicted molar refractivity (Wildman–Crippen MR) is 78.9 cm³/mol. The Bertz CT molecular complexity index is 470. The Kier molecular flexibility index (Phi) is 4.95. The number of hydrogen-bond acceptors (Lipinski definition) is 4. The van der Waals surface area contributed by atoms with Crippen LogP contribution in [0.15, 0.2) is 18.2 Å². The van der Waals surface area contributed by atoms with Crippen molar-refractivity contribution >= 4 is 11.4 Å². The summed E-state index contributed by atoms with van der Waals surface area (Å²) in [6.07, 6.45) is 6.28. The molecule has 1 N–H and O–H groups in total. The number of anilines is 1. The van der Waals surface area contributed by atoms with Crippen molar-refractivity contribution in [1.82, 2.24) is 0 Å². The maximum Gasteiger partial charge on any atom is 0.292 e. The number of nitro groups is 1. The van der Waals surface area contributed by atoms with Crippen LogP contribution in [0, 0.1) is 16.0 Å². The van der Waals surface area contributed by atoms with Gasteiger partial charge in [-0.25, -0.2) is 0 Å². The number of aliphatic hydroxyl groups excluding tert-OH is 1. The Morgan fingerprint density at radius 1 is 1.35 bits per heavy atom. The molecule has 1 aromatic carbocycles. The first kappa shape index (κ1) is 14.8. The van der Waals surface area contributed by atoms with E-state index in [4.69, 9.17) is 5.11 Å². The monoisotopic (exact) mass is 278 g/mol. The van der Waals surface area contributed by atoms with Gasteiger partial charge in [0.2, 0.25) is 0 Å². The van der Waals surface area contributed by atoms with E-state index in [2.05, 4.69) is 0 Å². The quantitative estimate of drug-likeness (QED) is 0.664. The molecular weight excluding hydrogens is 256 g/mol. The lowest BCUT2D eigenvalue weighted by Gasteiger charge is -2.28. The van der Waals surface area contributed by atoms with Crippen molar-refractivity contribution in [1.29, 1.82) is 0 Å². The van der Waals surface area contributed by atoms with E-state index in [1.165, 1.54) is 38.2 Å². The van der Waals surface area contributed by atoms with E-state index in [0.717, 1.165) is 6.54 Å². The lowest BCUT2D eigenvalue weighted by Crippen LogP contribution is -2.27. The van der Waals surface area contributed by atoms with E-state index in [0.29, 0.717) is 17.2 Å². The second kappa shape index (κ2) is 6.70. The number of aliphatic hydroxyl groups is 1. The van der Waals surface area contributed by atoms with Crippen LogP contribution in [0.3, 0.4) is 0 Å². The summed E-state index contributed by atoms with van der Waals surface area (Å²) in [5, 5.41) is 20.3. The molecule has 110 valence electrons. The van der Waals surface area contributed by atoms with Gasteiger partial charge in [0.25, 0.3) is 5.69 Å². The molecule has 1 saturated carbocycles. The van der Waals surface area contributed by atoms with Gasteiger partial charge in [0.15, 0.2) is 0 Å². The number of rotatable bonds is 5. The summed E-state index contributed by atoms with van der Waals surface area (Å²) in [6.45, 7) is 0.687. The second-order valence-corrected chi connectivity index (χ2v) is 5.62. The van der Waals surface area contributed by atoms with Gasteiger partial charge in [-0.2, -0.15) is 0 Å². The largest absolute Gasteiger partial charge is 0.392 e. The van der Waals surface area contributed by atoms with Crippen molar-refractivity contribution in [3.63, 3.8) is 0 Å². The highest BCUT2D eigenvalue weighted by Crippen LogP contribution is 2.31.